The van der Waals surface area contributed by atoms with Crippen LogP contribution in [0.2, 0.25) is 0 Å². The van der Waals surface area contributed by atoms with Gasteiger partial charge in [-0.25, -0.2) is 15.0 Å². The molecule has 9 heteroatoms. The molecule has 29 heavy (non-hydrogen) atoms. The maximum atomic E-state index is 12.7. The normalized spacial score (nSPS) is 14.9. The highest BCUT2D eigenvalue weighted by Crippen LogP contribution is 2.27. The number of carbonyl (C=O) groups excluding carboxylic acids is 1. The second kappa shape index (κ2) is 8.46. The van der Waals surface area contributed by atoms with Crippen molar-refractivity contribution in [3.63, 3.8) is 0 Å². The lowest BCUT2D eigenvalue weighted by molar-refractivity contribution is -0.132. The second-order valence-corrected chi connectivity index (χ2v) is 8.50. The number of hydrogen-bond donors (Lipinski definition) is 1. The summed E-state index contributed by atoms with van der Waals surface area (Å²) in [5, 5.41) is 0.585. The van der Waals surface area contributed by atoms with E-state index in [0.717, 1.165) is 46.8 Å². The van der Waals surface area contributed by atoms with Crippen molar-refractivity contribution in [3.8, 4) is 0 Å². The van der Waals surface area contributed by atoms with Crippen LogP contribution in [-0.2, 0) is 28.9 Å². The molecule has 8 nitrogen and oxygen atoms in total. The highest BCUT2D eigenvalue weighted by Gasteiger charge is 2.24. The molecule has 4 heterocycles. The fourth-order valence-electron chi connectivity index (χ4n) is 3.92. The molecule has 0 saturated heterocycles. The molecule has 0 spiro atoms. The zero-order valence-corrected chi connectivity index (χ0v) is 17.6. The van der Waals surface area contributed by atoms with Crippen LogP contribution >= 0.6 is 11.3 Å². The van der Waals surface area contributed by atoms with E-state index in [0.29, 0.717) is 31.2 Å². The van der Waals surface area contributed by atoms with E-state index in [-0.39, 0.29) is 11.9 Å². The Morgan fingerprint density at radius 3 is 3.10 bits per heavy atom. The summed E-state index contributed by atoms with van der Waals surface area (Å²) < 4.78 is 7.47. The van der Waals surface area contributed by atoms with Gasteiger partial charge in [-0.3, -0.25) is 4.79 Å². The lowest BCUT2D eigenvalue weighted by atomic mass is 10.1. The number of imidazole rings is 1. The molecule has 0 aromatic carbocycles. The van der Waals surface area contributed by atoms with Gasteiger partial charge < -0.3 is 19.9 Å². The third kappa shape index (κ3) is 4.11. The first-order valence-corrected chi connectivity index (χ1v) is 10.7. The number of fused-ring (bicyclic) bond motifs is 2. The number of aryl methyl sites for hydroxylation is 1. The molecule has 3 aromatic heterocycles. The molecule has 2 N–H and O–H groups in total. The molecule has 1 aliphatic heterocycles. The summed E-state index contributed by atoms with van der Waals surface area (Å²) in [4.78, 5) is 29.3. The van der Waals surface area contributed by atoms with Crippen molar-refractivity contribution in [1.82, 2.24) is 24.4 Å². The first-order valence-electron chi connectivity index (χ1n) is 9.89. The summed E-state index contributed by atoms with van der Waals surface area (Å²) in [6.07, 6.45) is 4.53. The van der Waals surface area contributed by atoms with Crippen molar-refractivity contribution < 1.29 is 9.53 Å². The molecule has 0 saturated carbocycles. The minimum Gasteiger partial charge on any atom is -0.383 e. The van der Waals surface area contributed by atoms with Gasteiger partial charge in [0.2, 0.25) is 5.91 Å². The van der Waals surface area contributed by atoms with Crippen molar-refractivity contribution in [2.75, 3.05) is 26.0 Å². The van der Waals surface area contributed by atoms with Crippen LogP contribution in [0.4, 0.5) is 5.13 Å². The number of anilines is 1. The van der Waals surface area contributed by atoms with E-state index in [1.54, 1.807) is 13.3 Å². The predicted octanol–water partition coefficient (Wildman–Crippen LogP) is 2.59. The highest BCUT2D eigenvalue weighted by atomic mass is 32.1. The molecule has 0 radical (unpaired) electrons. The fourth-order valence-corrected chi connectivity index (χ4v) is 4.81. The van der Waals surface area contributed by atoms with E-state index >= 15 is 0 Å². The summed E-state index contributed by atoms with van der Waals surface area (Å²) in [5.41, 5.74) is 8.59. The van der Waals surface area contributed by atoms with Gasteiger partial charge in [0.1, 0.15) is 11.3 Å². The number of amides is 1. The standard InChI is InChI=1S/C20H26N6O2S/c1-13(12-28-2)26-17(23-15-5-4-9-22-19(15)26)6-3-7-18(27)25-10-8-14-16(11-25)29-20(21)24-14/h4-5,9,13H,3,6-8,10-12H2,1-2H3,(H2,21,24). The summed E-state index contributed by atoms with van der Waals surface area (Å²) in [6.45, 7) is 4.01. The predicted molar refractivity (Wildman–Crippen MR) is 113 cm³/mol. The lowest BCUT2D eigenvalue weighted by Gasteiger charge is -2.26. The number of pyridine rings is 1. The van der Waals surface area contributed by atoms with Gasteiger partial charge in [0, 0.05) is 44.0 Å². The third-order valence-electron chi connectivity index (χ3n) is 5.26. The van der Waals surface area contributed by atoms with Gasteiger partial charge in [-0.15, -0.1) is 11.3 Å². The molecular weight excluding hydrogens is 388 g/mol. The third-order valence-corrected chi connectivity index (χ3v) is 6.17. The zero-order chi connectivity index (χ0) is 20.4. The molecule has 0 aliphatic carbocycles. The van der Waals surface area contributed by atoms with Gasteiger partial charge >= 0.3 is 0 Å². The lowest BCUT2D eigenvalue weighted by Crippen LogP contribution is -2.35. The molecule has 0 bridgehead atoms. The largest absolute Gasteiger partial charge is 0.383 e. The van der Waals surface area contributed by atoms with Gasteiger partial charge in [0.05, 0.1) is 24.9 Å². The Bertz CT molecular complexity index is 1010. The van der Waals surface area contributed by atoms with Crippen LogP contribution in [0.3, 0.4) is 0 Å². The average molecular weight is 415 g/mol. The minimum atomic E-state index is 0.128. The van der Waals surface area contributed by atoms with Crippen LogP contribution in [0, 0.1) is 0 Å². The van der Waals surface area contributed by atoms with Crippen LogP contribution in [0.1, 0.15) is 42.2 Å². The Morgan fingerprint density at radius 2 is 2.28 bits per heavy atom. The number of carbonyl (C=O) groups is 1. The fraction of sp³-hybridized carbons (Fsp3) is 0.500. The number of rotatable bonds is 7. The van der Waals surface area contributed by atoms with Gasteiger partial charge in [0.25, 0.3) is 0 Å². The summed E-state index contributed by atoms with van der Waals surface area (Å²) >= 11 is 1.48. The molecule has 1 aliphatic rings. The number of nitrogens with two attached hydrogens (primary N) is 1. The van der Waals surface area contributed by atoms with Gasteiger partial charge in [-0.05, 0) is 25.5 Å². The molecule has 1 unspecified atom stereocenters. The van der Waals surface area contributed by atoms with E-state index < -0.39 is 0 Å². The molecule has 1 amide bonds. The number of nitrogen functional groups attached to an aromatic ring is 1. The SMILES string of the molecule is COCC(C)n1c(CCCC(=O)N2CCc3nc(N)sc3C2)nc2cccnc21. The molecule has 4 rings (SSSR count). The van der Waals surface area contributed by atoms with Gasteiger partial charge in [-0.2, -0.15) is 0 Å². The second-order valence-electron chi connectivity index (χ2n) is 7.39. The van der Waals surface area contributed by atoms with E-state index in [1.165, 1.54) is 11.3 Å². The van der Waals surface area contributed by atoms with Crippen LogP contribution in [0.25, 0.3) is 11.2 Å². The first-order chi connectivity index (χ1) is 14.1. The molecule has 0 fully saturated rings. The topological polar surface area (TPSA) is 99.2 Å². The maximum absolute atomic E-state index is 12.7. The Labute approximate surface area is 173 Å². The number of nitrogens with zero attached hydrogens (tertiary/aromatic N) is 5. The zero-order valence-electron chi connectivity index (χ0n) is 16.8. The Morgan fingerprint density at radius 1 is 1.41 bits per heavy atom. The summed E-state index contributed by atoms with van der Waals surface area (Å²) in [5.74, 6) is 1.13. The number of aromatic nitrogens is 4. The molecule has 154 valence electrons. The van der Waals surface area contributed by atoms with Crippen molar-refractivity contribution in [3.05, 3.63) is 34.7 Å². The van der Waals surface area contributed by atoms with Crippen molar-refractivity contribution in [2.45, 2.75) is 45.2 Å². The maximum Gasteiger partial charge on any atom is 0.222 e. The number of methoxy groups -OCH3 is 1. The van der Waals surface area contributed by atoms with E-state index in [2.05, 4.69) is 21.5 Å². The Kier molecular flexibility index (Phi) is 5.77. The van der Waals surface area contributed by atoms with Gasteiger partial charge in [-0.1, -0.05) is 0 Å². The molecule has 3 aromatic rings. The average Bonchev–Trinajstić information content (AvgIpc) is 3.26. The smallest absolute Gasteiger partial charge is 0.222 e. The number of hydrogen-bond acceptors (Lipinski definition) is 7. The van der Waals surface area contributed by atoms with Gasteiger partial charge in [0.15, 0.2) is 10.8 Å². The highest BCUT2D eigenvalue weighted by molar-refractivity contribution is 7.15. The van der Waals surface area contributed by atoms with Crippen LogP contribution in [0.5, 0.6) is 0 Å². The van der Waals surface area contributed by atoms with Crippen LogP contribution in [-0.4, -0.2) is 50.6 Å². The Balaban J connectivity index is 1.41. The van der Waals surface area contributed by atoms with Crippen LogP contribution in [0.15, 0.2) is 18.3 Å². The Hall–Kier alpha value is -2.52. The first kappa shape index (κ1) is 19.8. The quantitative estimate of drug-likeness (QED) is 0.638. The monoisotopic (exact) mass is 414 g/mol. The van der Waals surface area contributed by atoms with E-state index in [4.69, 9.17) is 15.5 Å². The molecular formula is C20H26N6O2S. The van der Waals surface area contributed by atoms with Crippen molar-refractivity contribution in [1.29, 1.82) is 0 Å². The molecule has 1 atom stereocenters. The number of thiazole rings is 1. The van der Waals surface area contributed by atoms with Crippen molar-refractivity contribution >= 4 is 33.5 Å². The van der Waals surface area contributed by atoms with Crippen LogP contribution < -0.4 is 5.73 Å². The number of ether oxygens (including phenoxy) is 1. The summed E-state index contributed by atoms with van der Waals surface area (Å²) in [6, 6.07) is 3.99. The van der Waals surface area contributed by atoms with E-state index in [1.807, 2.05) is 17.0 Å². The van der Waals surface area contributed by atoms with E-state index in [9.17, 15) is 4.79 Å². The van der Waals surface area contributed by atoms with Crippen molar-refractivity contribution in [2.24, 2.45) is 0 Å². The summed E-state index contributed by atoms with van der Waals surface area (Å²) in [7, 11) is 1.70. The minimum absolute atomic E-state index is 0.128.